The van der Waals surface area contributed by atoms with E-state index < -0.39 is 5.82 Å². The molecule has 5 heteroatoms. The molecule has 88 valence electrons. The van der Waals surface area contributed by atoms with Crippen LogP contribution in [-0.2, 0) is 0 Å². The van der Waals surface area contributed by atoms with E-state index in [-0.39, 0.29) is 11.6 Å². The lowest BCUT2D eigenvalue weighted by atomic mass is 10.3. The van der Waals surface area contributed by atoms with Gasteiger partial charge in [-0.2, -0.15) is 0 Å². The maximum absolute atomic E-state index is 13.5. The van der Waals surface area contributed by atoms with Crippen LogP contribution in [0.1, 0.15) is 5.69 Å². The Morgan fingerprint density at radius 2 is 2.06 bits per heavy atom. The van der Waals surface area contributed by atoms with E-state index in [2.05, 4.69) is 20.9 Å². The number of nitrogen functional groups attached to an aromatic ring is 1. The molecule has 0 fully saturated rings. The molecule has 0 amide bonds. The summed E-state index contributed by atoms with van der Waals surface area (Å²) in [5.74, 6) is -0.165. The number of aromatic nitrogens is 1. The topological polar surface area (TPSA) is 48.1 Å². The van der Waals surface area contributed by atoms with Crippen LogP contribution in [0.15, 0.2) is 34.8 Å². The van der Waals surface area contributed by atoms with Gasteiger partial charge in [0, 0.05) is 10.2 Å². The predicted molar refractivity (Wildman–Crippen MR) is 67.6 cm³/mol. The molecule has 17 heavy (non-hydrogen) atoms. The van der Waals surface area contributed by atoms with Gasteiger partial charge >= 0.3 is 0 Å². The number of hydrogen-bond donors (Lipinski definition) is 1. The van der Waals surface area contributed by atoms with Gasteiger partial charge in [0.15, 0.2) is 11.6 Å². The van der Waals surface area contributed by atoms with Crippen molar-refractivity contribution in [3.63, 3.8) is 0 Å². The molecule has 0 spiro atoms. The first-order chi connectivity index (χ1) is 8.06. The number of aryl methyl sites for hydroxylation is 1. The van der Waals surface area contributed by atoms with Gasteiger partial charge < -0.3 is 10.5 Å². The van der Waals surface area contributed by atoms with Gasteiger partial charge in [-0.05, 0) is 37.3 Å². The van der Waals surface area contributed by atoms with Crippen LogP contribution in [0.4, 0.5) is 10.1 Å². The van der Waals surface area contributed by atoms with E-state index in [9.17, 15) is 4.39 Å². The summed E-state index contributed by atoms with van der Waals surface area (Å²) in [5, 5.41) is 0. The standard InChI is InChI=1S/C12H10BrFN2O/c1-7-2-5-10(15)12(16-7)17-11-6-8(13)3-4-9(11)14/h2-6H,15H2,1H3. The molecule has 1 aromatic heterocycles. The van der Waals surface area contributed by atoms with E-state index in [0.29, 0.717) is 5.69 Å². The van der Waals surface area contributed by atoms with Crippen molar-refractivity contribution < 1.29 is 9.13 Å². The van der Waals surface area contributed by atoms with Gasteiger partial charge in [-0.25, -0.2) is 9.37 Å². The largest absolute Gasteiger partial charge is 0.434 e. The highest BCUT2D eigenvalue weighted by Gasteiger charge is 2.09. The molecule has 2 aromatic rings. The first kappa shape index (κ1) is 11.9. The van der Waals surface area contributed by atoms with Crippen LogP contribution in [0.25, 0.3) is 0 Å². The minimum absolute atomic E-state index is 0.0872. The van der Waals surface area contributed by atoms with Crippen LogP contribution < -0.4 is 10.5 Å². The first-order valence-electron chi connectivity index (χ1n) is 4.92. The van der Waals surface area contributed by atoms with E-state index in [1.807, 2.05) is 6.92 Å². The molecule has 0 aliphatic heterocycles. The average molecular weight is 297 g/mol. The molecular formula is C12H10BrFN2O. The lowest BCUT2D eigenvalue weighted by Gasteiger charge is -2.09. The molecule has 0 unspecified atom stereocenters. The number of halogens is 2. The number of hydrogen-bond acceptors (Lipinski definition) is 3. The maximum Gasteiger partial charge on any atom is 0.243 e. The van der Waals surface area contributed by atoms with Crippen molar-refractivity contribution in [3.05, 3.63) is 46.3 Å². The Morgan fingerprint density at radius 1 is 1.29 bits per heavy atom. The Balaban J connectivity index is 2.37. The Hall–Kier alpha value is -1.62. The number of anilines is 1. The smallest absolute Gasteiger partial charge is 0.243 e. The van der Waals surface area contributed by atoms with Crippen molar-refractivity contribution >= 4 is 21.6 Å². The second kappa shape index (κ2) is 4.71. The molecule has 1 heterocycles. The molecule has 0 aliphatic rings. The summed E-state index contributed by atoms with van der Waals surface area (Å²) in [6, 6.07) is 7.87. The van der Waals surface area contributed by atoms with E-state index in [1.54, 1.807) is 18.2 Å². The van der Waals surface area contributed by atoms with E-state index in [4.69, 9.17) is 10.5 Å². The number of benzene rings is 1. The normalized spacial score (nSPS) is 10.3. The van der Waals surface area contributed by atoms with Crippen LogP contribution in [0.3, 0.4) is 0 Å². The van der Waals surface area contributed by atoms with Crippen molar-refractivity contribution in [1.82, 2.24) is 4.98 Å². The van der Waals surface area contributed by atoms with Crippen LogP contribution >= 0.6 is 15.9 Å². The second-order valence-corrected chi connectivity index (χ2v) is 4.44. The Labute approximate surface area is 107 Å². The summed E-state index contributed by atoms with van der Waals surface area (Å²) in [7, 11) is 0. The van der Waals surface area contributed by atoms with Gasteiger partial charge in [0.05, 0.1) is 5.69 Å². The molecule has 1 aromatic carbocycles. The van der Waals surface area contributed by atoms with E-state index in [1.165, 1.54) is 12.1 Å². The van der Waals surface area contributed by atoms with Crippen molar-refractivity contribution in [3.8, 4) is 11.6 Å². The lowest BCUT2D eigenvalue weighted by molar-refractivity contribution is 0.428. The molecule has 0 saturated heterocycles. The minimum Gasteiger partial charge on any atom is -0.434 e. The molecule has 0 aliphatic carbocycles. The monoisotopic (exact) mass is 296 g/mol. The van der Waals surface area contributed by atoms with Crippen molar-refractivity contribution in [2.75, 3.05) is 5.73 Å². The van der Waals surface area contributed by atoms with Gasteiger partial charge in [-0.3, -0.25) is 0 Å². The van der Waals surface area contributed by atoms with Crippen LogP contribution in [0, 0.1) is 12.7 Å². The predicted octanol–water partition coefficient (Wildman–Crippen LogP) is 3.67. The molecule has 0 radical (unpaired) electrons. The third-order valence-electron chi connectivity index (χ3n) is 2.13. The zero-order valence-electron chi connectivity index (χ0n) is 9.08. The van der Waals surface area contributed by atoms with Gasteiger partial charge in [-0.15, -0.1) is 0 Å². The third kappa shape index (κ3) is 2.74. The van der Waals surface area contributed by atoms with Gasteiger partial charge in [0.2, 0.25) is 5.88 Å². The van der Waals surface area contributed by atoms with E-state index >= 15 is 0 Å². The zero-order chi connectivity index (χ0) is 12.4. The van der Waals surface area contributed by atoms with Crippen molar-refractivity contribution in [2.24, 2.45) is 0 Å². The number of nitrogens with zero attached hydrogens (tertiary/aromatic N) is 1. The second-order valence-electron chi connectivity index (χ2n) is 3.52. The summed E-state index contributed by atoms with van der Waals surface area (Å²) < 4.78 is 19.6. The minimum atomic E-state index is -0.462. The molecule has 3 nitrogen and oxygen atoms in total. The van der Waals surface area contributed by atoms with Crippen molar-refractivity contribution in [2.45, 2.75) is 6.92 Å². The van der Waals surface area contributed by atoms with Crippen LogP contribution in [0.2, 0.25) is 0 Å². The van der Waals surface area contributed by atoms with E-state index in [0.717, 1.165) is 10.2 Å². The Kier molecular flexibility index (Phi) is 3.28. The SMILES string of the molecule is Cc1ccc(N)c(Oc2cc(Br)ccc2F)n1. The maximum atomic E-state index is 13.5. The summed E-state index contributed by atoms with van der Waals surface area (Å²) in [6.45, 7) is 1.81. The van der Waals surface area contributed by atoms with Gasteiger partial charge in [0.25, 0.3) is 0 Å². The van der Waals surface area contributed by atoms with Crippen molar-refractivity contribution in [1.29, 1.82) is 0 Å². The molecule has 0 atom stereocenters. The number of pyridine rings is 1. The van der Waals surface area contributed by atoms with Crippen LogP contribution in [0.5, 0.6) is 11.6 Å². The number of nitrogens with two attached hydrogens (primary N) is 1. The third-order valence-corrected chi connectivity index (χ3v) is 2.62. The highest BCUT2D eigenvalue weighted by molar-refractivity contribution is 9.10. The fourth-order valence-electron chi connectivity index (χ4n) is 1.28. The fraction of sp³-hybridized carbons (Fsp3) is 0.0833. The molecule has 0 saturated carbocycles. The zero-order valence-corrected chi connectivity index (χ0v) is 10.7. The molecular weight excluding hydrogens is 287 g/mol. The summed E-state index contributed by atoms with van der Waals surface area (Å²) in [5.41, 5.74) is 6.83. The van der Waals surface area contributed by atoms with Crippen LogP contribution in [-0.4, -0.2) is 4.98 Å². The lowest BCUT2D eigenvalue weighted by Crippen LogP contribution is -1.97. The Morgan fingerprint density at radius 3 is 2.82 bits per heavy atom. The Bertz CT molecular complexity index is 511. The molecule has 2 N–H and O–H groups in total. The molecule has 0 bridgehead atoms. The highest BCUT2D eigenvalue weighted by atomic mass is 79.9. The average Bonchev–Trinajstić information content (AvgIpc) is 2.28. The fourth-order valence-corrected chi connectivity index (χ4v) is 1.63. The number of rotatable bonds is 2. The van der Waals surface area contributed by atoms with Gasteiger partial charge in [-0.1, -0.05) is 15.9 Å². The van der Waals surface area contributed by atoms with Gasteiger partial charge in [0.1, 0.15) is 0 Å². The highest BCUT2D eigenvalue weighted by Crippen LogP contribution is 2.29. The summed E-state index contributed by atoms with van der Waals surface area (Å²) >= 11 is 3.24. The quantitative estimate of drug-likeness (QED) is 0.920. The summed E-state index contributed by atoms with van der Waals surface area (Å²) in [6.07, 6.45) is 0. The molecule has 2 rings (SSSR count). The first-order valence-corrected chi connectivity index (χ1v) is 5.71. The summed E-state index contributed by atoms with van der Waals surface area (Å²) in [4.78, 5) is 4.11. The number of ether oxygens (including phenoxy) is 1.